The lowest BCUT2D eigenvalue weighted by Crippen LogP contribution is -2.25. The van der Waals surface area contributed by atoms with E-state index in [1.165, 1.54) is 12.8 Å². The topological polar surface area (TPSA) is 95.1 Å². The highest BCUT2D eigenvalue weighted by Gasteiger charge is 2.30. The van der Waals surface area contributed by atoms with Gasteiger partial charge in [0.1, 0.15) is 23.2 Å². The maximum atomic E-state index is 11.6. The van der Waals surface area contributed by atoms with Crippen LogP contribution in [0.1, 0.15) is 32.2 Å². The number of nitrogen functional groups attached to an aromatic ring is 1. The number of hydrogen-bond donors (Lipinski definition) is 2. The second-order valence-corrected chi connectivity index (χ2v) is 7.76. The number of rotatable bonds is 5. The van der Waals surface area contributed by atoms with Crippen LogP contribution in [0.4, 0.5) is 5.82 Å². The van der Waals surface area contributed by atoms with Crippen molar-refractivity contribution in [3.05, 3.63) is 36.7 Å². The summed E-state index contributed by atoms with van der Waals surface area (Å²) in [7, 11) is 0. The van der Waals surface area contributed by atoms with Gasteiger partial charge < -0.3 is 20.4 Å². The van der Waals surface area contributed by atoms with Crippen LogP contribution in [0, 0.1) is 5.92 Å². The standard InChI is InChI=1S/C21H23N5O2/c1-12(14-9-20(27)23-10-14)28-18-8-13(16-3-2-4-19(22)25-16)7-17-21(18)26(11-24-17)15-5-6-15/h2-4,7-8,11-12,14-15H,5-6,9-10H2,1H3,(H2,22,25)(H,23,27)/t12-,14-/m1/s1. The molecule has 1 saturated heterocycles. The Balaban J connectivity index is 1.57. The molecule has 7 heteroatoms. The fourth-order valence-electron chi connectivity index (χ4n) is 3.87. The molecule has 1 saturated carbocycles. The second kappa shape index (κ2) is 6.51. The molecule has 7 nitrogen and oxygen atoms in total. The van der Waals surface area contributed by atoms with Crippen LogP contribution in [0.5, 0.6) is 5.75 Å². The van der Waals surface area contributed by atoms with Gasteiger partial charge in [-0.15, -0.1) is 0 Å². The molecule has 28 heavy (non-hydrogen) atoms. The van der Waals surface area contributed by atoms with Gasteiger partial charge in [0.05, 0.1) is 17.5 Å². The Morgan fingerprint density at radius 3 is 2.89 bits per heavy atom. The van der Waals surface area contributed by atoms with E-state index in [1.54, 1.807) is 6.07 Å². The van der Waals surface area contributed by atoms with Crippen LogP contribution < -0.4 is 15.8 Å². The molecule has 1 aliphatic carbocycles. The smallest absolute Gasteiger partial charge is 0.220 e. The fraction of sp³-hybridized carbons (Fsp3) is 0.381. The van der Waals surface area contributed by atoms with Crippen LogP contribution >= 0.6 is 0 Å². The van der Waals surface area contributed by atoms with Gasteiger partial charge in [0.15, 0.2) is 0 Å². The minimum atomic E-state index is -0.0891. The van der Waals surface area contributed by atoms with Crippen molar-refractivity contribution < 1.29 is 9.53 Å². The molecular weight excluding hydrogens is 354 g/mol. The number of pyridine rings is 1. The van der Waals surface area contributed by atoms with Gasteiger partial charge in [-0.05, 0) is 44.0 Å². The zero-order valence-corrected chi connectivity index (χ0v) is 15.8. The normalized spacial score (nSPS) is 20.3. The Bertz CT molecular complexity index is 1060. The predicted molar refractivity (Wildman–Crippen MR) is 107 cm³/mol. The van der Waals surface area contributed by atoms with Crippen molar-refractivity contribution in [3.63, 3.8) is 0 Å². The van der Waals surface area contributed by atoms with E-state index in [0.717, 1.165) is 28.0 Å². The van der Waals surface area contributed by atoms with Gasteiger partial charge in [0, 0.05) is 30.5 Å². The number of fused-ring (bicyclic) bond motifs is 1. The largest absolute Gasteiger partial charge is 0.488 e. The molecular formula is C21H23N5O2. The minimum absolute atomic E-state index is 0.0891. The molecule has 5 rings (SSSR count). The maximum Gasteiger partial charge on any atom is 0.220 e. The lowest BCUT2D eigenvalue weighted by atomic mass is 10.0. The minimum Gasteiger partial charge on any atom is -0.488 e. The molecule has 2 aromatic heterocycles. The third kappa shape index (κ3) is 3.06. The molecule has 1 amide bonds. The van der Waals surface area contributed by atoms with Crippen LogP contribution in [-0.2, 0) is 4.79 Å². The highest BCUT2D eigenvalue weighted by Crippen LogP contribution is 2.41. The molecule has 2 fully saturated rings. The SMILES string of the molecule is C[C@@H](Oc1cc(-c2cccc(N)n2)cc2ncn(C3CC3)c12)[C@H]1CNC(=O)C1. The summed E-state index contributed by atoms with van der Waals surface area (Å²) in [5.41, 5.74) is 9.48. The van der Waals surface area contributed by atoms with Crippen molar-refractivity contribution in [1.82, 2.24) is 19.9 Å². The molecule has 2 aliphatic rings. The molecule has 3 aromatic rings. The molecule has 2 atom stereocenters. The molecule has 1 aliphatic heterocycles. The maximum absolute atomic E-state index is 11.6. The highest BCUT2D eigenvalue weighted by molar-refractivity contribution is 5.88. The number of hydrogen-bond acceptors (Lipinski definition) is 5. The van der Waals surface area contributed by atoms with Gasteiger partial charge in [-0.1, -0.05) is 6.07 Å². The average Bonchev–Trinajstić information content (AvgIpc) is 3.28. The van der Waals surface area contributed by atoms with Crippen LogP contribution in [0.3, 0.4) is 0 Å². The van der Waals surface area contributed by atoms with Crippen molar-refractivity contribution in [2.75, 3.05) is 12.3 Å². The quantitative estimate of drug-likeness (QED) is 0.713. The van der Waals surface area contributed by atoms with E-state index >= 15 is 0 Å². The Morgan fingerprint density at radius 1 is 1.32 bits per heavy atom. The summed E-state index contributed by atoms with van der Waals surface area (Å²) in [6, 6.07) is 10.1. The first-order valence-electron chi connectivity index (χ1n) is 9.75. The molecule has 1 aromatic carbocycles. The number of anilines is 1. The van der Waals surface area contributed by atoms with Gasteiger partial charge in [0.2, 0.25) is 5.91 Å². The average molecular weight is 377 g/mol. The Hall–Kier alpha value is -3.09. The summed E-state index contributed by atoms with van der Waals surface area (Å²) in [6.07, 6.45) is 4.65. The van der Waals surface area contributed by atoms with E-state index < -0.39 is 0 Å². The number of nitrogens with one attached hydrogen (secondary N) is 1. The van der Waals surface area contributed by atoms with Gasteiger partial charge in [-0.2, -0.15) is 0 Å². The monoisotopic (exact) mass is 377 g/mol. The number of aromatic nitrogens is 3. The van der Waals surface area contributed by atoms with Crippen LogP contribution in [-0.4, -0.2) is 33.1 Å². The summed E-state index contributed by atoms with van der Waals surface area (Å²) in [4.78, 5) is 20.7. The molecule has 3 N–H and O–H groups in total. The number of nitrogens with zero attached hydrogens (tertiary/aromatic N) is 3. The number of carbonyl (C=O) groups is 1. The van der Waals surface area contributed by atoms with Crippen LogP contribution in [0.25, 0.3) is 22.3 Å². The molecule has 0 bridgehead atoms. The molecule has 0 unspecified atom stereocenters. The molecule has 144 valence electrons. The lowest BCUT2D eigenvalue weighted by Gasteiger charge is -2.21. The fourth-order valence-corrected chi connectivity index (χ4v) is 3.87. The van der Waals surface area contributed by atoms with Crippen molar-refractivity contribution in [2.24, 2.45) is 5.92 Å². The van der Waals surface area contributed by atoms with E-state index in [0.29, 0.717) is 24.8 Å². The summed E-state index contributed by atoms with van der Waals surface area (Å²) in [6.45, 7) is 2.68. The van der Waals surface area contributed by atoms with Gasteiger partial charge >= 0.3 is 0 Å². The lowest BCUT2D eigenvalue weighted by molar-refractivity contribution is -0.119. The first kappa shape index (κ1) is 17.0. The summed E-state index contributed by atoms with van der Waals surface area (Å²) in [5.74, 6) is 1.51. The van der Waals surface area contributed by atoms with Crippen molar-refractivity contribution in [2.45, 2.75) is 38.3 Å². The third-order valence-electron chi connectivity index (χ3n) is 5.63. The first-order valence-corrected chi connectivity index (χ1v) is 9.75. The van der Waals surface area contributed by atoms with Crippen LogP contribution in [0.2, 0.25) is 0 Å². The first-order chi connectivity index (χ1) is 13.6. The number of carbonyl (C=O) groups excluding carboxylic acids is 1. The molecule has 0 spiro atoms. The molecule has 0 radical (unpaired) electrons. The zero-order chi connectivity index (χ0) is 19.3. The Morgan fingerprint density at radius 2 is 2.18 bits per heavy atom. The van der Waals surface area contributed by atoms with Gasteiger partial charge in [-0.25, -0.2) is 9.97 Å². The number of amides is 1. The second-order valence-electron chi connectivity index (χ2n) is 7.76. The number of imidazole rings is 1. The summed E-state index contributed by atoms with van der Waals surface area (Å²) < 4.78 is 8.63. The van der Waals surface area contributed by atoms with Crippen molar-refractivity contribution >= 4 is 22.8 Å². The van der Waals surface area contributed by atoms with Gasteiger partial charge in [0.25, 0.3) is 0 Å². The van der Waals surface area contributed by atoms with Crippen molar-refractivity contribution in [3.8, 4) is 17.0 Å². The third-order valence-corrected chi connectivity index (χ3v) is 5.63. The zero-order valence-electron chi connectivity index (χ0n) is 15.8. The van der Waals surface area contributed by atoms with E-state index in [2.05, 4.69) is 19.9 Å². The number of benzene rings is 1. The van der Waals surface area contributed by atoms with Gasteiger partial charge in [-0.3, -0.25) is 4.79 Å². The van der Waals surface area contributed by atoms with E-state index in [4.69, 9.17) is 10.5 Å². The highest BCUT2D eigenvalue weighted by atomic mass is 16.5. The van der Waals surface area contributed by atoms with Crippen molar-refractivity contribution in [1.29, 1.82) is 0 Å². The van der Waals surface area contributed by atoms with Crippen LogP contribution in [0.15, 0.2) is 36.7 Å². The molecule has 3 heterocycles. The number of nitrogens with two attached hydrogens (primary N) is 1. The summed E-state index contributed by atoms with van der Waals surface area (Å²) in [5, 5.41) is 2.89. The van der Waals surface area contributed by atoms with E-state index in [9.17, 15) is 4.79 Å². The van der Waals surface area contributed by atoms with E-state index in [-0.39, 0.29) is 17.9 Å². The van der Waals surface area contributed by atoms with E-state index in [1.807, 2.05) is 37.5 Å². The predicted octanol–water partition coefficient (Wildman–Crippen LogP) is 2.92. The Labute approximate surface area is 162 Å². The Kier molecular flexibility index (Phi) is 3.96. The summed E-state index contributed by atoms with van der Waals surface area (Å²) >= 11 is 0. The number of ether oxygens (including phenoxy) is 1.